The molecular formula is C11H18S. The van der Waals surface area contributed by atoms with Crippen molar-refractivity contribution in [3.05, 3.63) is 30.3 Å². The predicted octanol–water partition coefficient (Wildman–Crippen LogP) is 3.52. The van der Waals surface area contributed by atoms with Crippen LogP contribution in [-0.2, 0) is 0 Å². The van der Waals surface area contributed by atoms with E-state index in [0.717, 1.165) is 5.25 Å². The molecule has 0 fully saturated rings. The summed E-state index contributed by atoms with van der Waals surface area (Å²) in [6.45, 7) is 4.62. The van der Waals surface area contributed by atoms with E-state index in [9.17, 15) is 0 Å². The van der Waals surface area contributed by atoms with Gasteiger partial charge in [0.05, 0.1) is 0 Å². The minimum atomic E-state index is -0.577. The lowest BCUT2D eigenvalue weighted by Crippen LogP contribution is -2.08. The van der Waals surface area contributed by atoms with Crippen molar-refractivity contribution in [3.8, 4) is 0 Å². The zero-order chi connectivity index (χ0) is 9.19. The van der Waals surface area contributed by atoms with Crippen LogP contribution in [0.4, 0.5) is 0 Å². The minimum Gasteiger partial charge on any atom is -0.218 e. The van der Waals surface area contributed by atoms with Crippen molar-refractivity contribution in [2.45, 2.75) is 24.0 Å². The molecule has 0 aliphatic rings. The van der Waals surface area contributed by atoms with Gasteiger partial charge in [-0.1, -0.05) is 44.2 Å². The Kier molecular flexibility index (Phi) is 2.84. The summed E-state index contributed by atoms with van der Waals surface area (Å²) in [6, 6.07) is 10.8. The summed E-state index contributed by atoms with van der Waals surface area (Å²) in [7, 11) is -0.577. The van der Waals surface area contributed by atoms with Crippen LogP contribution in [0.25, 0.3) is 0 Å². The summed E-state index contributed by atoms with van der Waals surface area (Å²) in [5, 5.41) is 0.764. The van der Waals surface area contributed by atoms with E-state index < -0.39 is 10.0 Å². The molecule has 0 spiro atoms. The van der Waals surface area contributed by atoms with E-state index in [1.165, 1.54) is 4.90 Å². The van der Waals surface area contributed by atoms with Gasteiger partial charge >= 0.3 is 0 Å². The van der Waals surface area contributed by atoms with Gasteiger partial charge < -0.3 is 0 Å². The van der Waals surface area contributed by atoms with Gasteiger partial charge in [0.1, 0.15) is 0 Å². The van der Waals surface area contributed by atoms with Gasteiger partial charge in [0.25, 0.3) is 0 Å². The summed E-state index contributed by atoms with van der Waals surface area (Å²) >= 11 is 0. The molecule has 0 saturated carbocycles. The van der Waals surface area contributed by atoms with E-state index in [-0.39, 0.29) is 0 Å². The first-order valence-corrected chi connectivity index (χ1v) is 6.83. The maximum absolute atomic E-state index is 2.38. The Morgan fingerprint density at radius 3 is 1.92 bits per heavy atom. The van der Waals surface area contributed by atoms with Gasteiger partial charge in [0, 0.05) is 0 Å². The Morgan fingerprint density at radius 2 is 1.50 bits per heavy atom. The van der Waals surface area contributed by atoms with Crippen LogP contribution in [0.3, 0.4) is 0 Å². The summed E-state index contributed by atoms with van der Waals surface area (Å²) in [6.07, 6.45) is 4.76. The molecule has 0 nitrogen and oxygen atoms in total. The van der Waals surface area contributed by atoms with Gasteiger partial charge in [-0.2, -0.15) is 0 Å². The molecule has 0 aliphatic carbocycles. The lowest BCUT2D eigenvalue weighted by Gasteiger charge is -2.36. The Hall–Kier alpha value is -0.430. The molecule has 0 amide bonds. The summed E-state index contributed by atoms with van der Waals surface area (Å²) in [5.74, 6) is 0. The zero-order valence-corrected chi connectivity index (χ0v) is 9.19. The van der Waals surface area contributed by atoms with Crippen molar-refractivity contribution in [1.29, 1.82) is 0 Å². The minimum absolute atomic E-state index is 0.577. The first kappa shape index (κ1) is 9.66. The Balaban J connectivity index is 2.98. The van der Waals surface area contributed by atoms with Crippen molar-refractivity contribution >= 4 is 10.0 Å². The van der Waals surface area contributed by atoms with E-state index in [1.807, 2.05) is 0 Å². The van der Waals surface area contributed by atoms with E-state index in [1.54, 1.807) is 0 Å². The molecule has 0 bridgehead atoms. The summed E-state index contributed by atoms with van der Waals surface area (Å²) in [4.78, 5) is 1.51. The molecule has 1 rings (SSSR count). The normalized spacial score (nSPS) is 13.4. The van der Waals surface area contributed by atoms with E-state index in [4.69, 9.17) is 0 Å². The standard InChI is InChI=1S/C11H18S/c1-10(2)12(3,4)11-8-6-5-7-9-11/h5-10H,1-4H3. The van der Waals surface area contributed by atoms with Crippen molar-refractivity contribution in [2.24, 2.45) is 0 Å². The van der Waals surface area contributed by atoms with Crippen LogP contribution in [0.1, 0.15) is 13.8 Å². The van der Waals surface area contributed by atoms with Gasteiger partial charge in [-0.3, -0.25) is 0 Å². The molecule has 0 radical (unpaired) electrons. The van der Waals surface area contributed by atoms with E-state index in [2.05, 4.69) is 56.7 Å². The van der Waals surface area contributed by atoms with Crippen LogP contribution in [0, 0.1) is 0 Å². The molecular weight excluding hydrogens is 164 g/mol. The monoisotopic (exact) mass is 182 g/mol. The summed E-state index contributed by atoms with van der Waals surface area (Å²) in [5.41, 5.74) is 0. The quantitative estimate of drug-likeness (QED) is 0.656. The van der Waals surface area contributed by atoms with Crippen LogP contribution in [0.5, 0.6) is 0 Å². The predicted molar refractivity (Wildman–Crippen MR) is 59.3 cm³/mol. The highest BCUT2D eigenvalue weighted by Gasteiger charge is 2.17. The highest BCUT2D eigenvalue weighted by atomic mass is 32.3. The molecule has 1 heteroatoms. The molecule has 0 heterocycles. The fraction of sp³-hybridized carbons (Fsp3) is 0.455. The fourth-order valence-electron chi connectivity index (χ4n) is 1.04. The number of benzene rings is 1. The number of rotatable bonds is 2. The largest absolute Gasteiger partial charge is 0.218 e. The lowest BCUT2D eigenvalue weighted by molar-refractivity contribution is 1.08. The van der Waals surface area contributed by atoms with Gasteiger partial charge in [0.15, 0.2) is 0 Å². The average molecular weight is 182 g/mol. The third kappa shape index (κ3) is 1.84. The van der Waals surface area contributed by atoms with Crippen LogP contribution in [-0.4, -0.2) is 17.8 Å². The fourth-order valence-corrected chi connectivity index (χ4v) is 2.45. The van der Waals surface area contributed by atoms with Gasteiger partial charge in [0.2, 0.25) is 0 Å². The first-order valence-electron chi connectivity index (χ1n) is 4.32. The molecule has 0 unspecified atom stereocenters. The molecule has 0 atom stereocenters. The lowest BCUT2D eigenvalue weighted by atomic mass is 10.4. The number of hydrogen-bond donors (Lipinski definition) is 0. The Labute approximate surface area is 77.3 Å². The maximum atomic E-state index is 2.38. The first-order chi connectivity index (χ1) is 5.55. The van der Waals surface area contributed by atoms with Crippen LogP contribution < -0.4 is 0 Å². The van der Waals surface area contributed by atoms with Crippen LogP contribution in [0.2, 0.25) is 0 Å². The topological polar surface area (TPSA) is 0 Å². The molecule has 0 aliphatic heterocycles. The molecule has 0 N–H and O–H groups in total. The SMILES string of the molecule is CC(C)S(C)(C)c1ccccc1. The second-order valence-corrected chi connectivity index (χ2v) is 7.99. The molecule has 0 saturated heterocycles. The van der Waals surface area contributed by atoms with Crippen LogP contribution >= 0.6 is 10.0 Å². The van der Waals surface area contributed by atoms with Crippen molar-refractivity contribution in [1.82, 2.24) is 0 Å². The molecule has 1 aromatic carbocycles. The number of hydrogen-bond acceptors (Lipinski definition) is 0. The van der Waals surface area contributed by atoms with E-state index in [0.29, 0.717) is 0 Å². The molecule has 0 aromatic heterocycles. The van der Waals surface area contributed by atoms with Gasteiger partial charge in [-0.25, -0.2) is 10.0 Å². The third-order valence-electron chi connectivity index (χ3n) is 2.53. The highest BCUT2D eigenvalue weighted by molar-refractivity contribution is 8.33. The van der Waals surface area contributed by atoms with E-state index >= 15 is 0 Å². The molecule has 68 valence electrons. The second kappa shape index (κ2) is 3.53. The van der Waals surface area contributed by atoms with Gasteiger partial charge in [-0.05, 0) is 22.7 Å². The maximum Gasteiger partial charge on any atom is -0.0102 e. The molecule has 1 aromatic rings. The zero-order valence-electron chi connectivity index (χ0n) is 8.37. The van der Waals surface area contributed by atoms with Crippen molar-refractivity contribution in [3.63, 3.8) is 0 Å². The van der Waals surface area contributed by atoms with Crippen LogP contribution in [0.15, 0.2) is 35.2 Å². The Bertz CT molecular complexity index is 236. The second-order valence-electron chi connectivity index (χ2n) is 3.77. The average Bonchev–Trinajstić information content (AvgIpc) is 2.06. The summed E-state index contributed by atoms with van der Waals surface area (Å²) < 4.78 is 0. The smallest absolute Gasteiger partial charge is 0.0102 e. The van der Waals surface area contributed by atoms with Gasteiger partial charge in [-0.15, -0.1) is 0 Å². The van der Waals surface area contributed by atoms with Crippen molar-refractivity contribution in [2.75, 3.05) is 12.5 Å². The Morgan fingerprint density at radius 1 is 1.00 bits per heavy atom. The molecule has 12 heavy (non-hydrogen) atoms. The van der Waals surface area contributed by atoms with Crippen molar-refractivity contribution < 1.29 is 0 Å². The highest BCUT2D eigenvalue weighted by Crippen LogP contribution is 2.52. The third-order valence-corrected chi connectivity index (χ3v) is 6.37.